The van der Waals surface area contributed by atoms with Crippen molar-refractivity contribution in [3.63, 3.8) is 0 Å². The van der Waals surface area contributed by atoms with Crippen LogP contribution in [0.5, 0.6) is 5.75 Å². The molecule has 0 saturated carbocycles. The highest BCUT2D eigenvalue weighted by Gasteiger charge is 2.14. The molecule has 128 valence electrons. The normalized spacial score (nSPS) is 10.8. The molecular formula is C19H17FN2O2S. The van der Waals surface area contributed by atoms with Gasteiger partial charge in [0, 0.05) is 12.1 Å². The quantitative estimate of drug-likeness (QED) is 0.359. The molecule has 0 aliphatic carbocycles. The number of ether oxygens (including phenoxy) is 1. The van der Waals surface area contributed by atoms with Crippen LogP contribution in [-0.4, -0.2) is 28.2 Å². The first-order chi connectivity index (χ1) is 12.1. The van der Waals surface area contributed by atoms with E-state index in [0.29, 0.717) is 12.1 Å². The van der Waals surface area contributed by atoms with E-state index in [0.717, 1.165) is 16.2 Å². The summed E-state index contributed by atoms with van der Waals surface area (Å²) >= 11 is 1.33. The third kappa shape index (κ3) is 3.58. The summed E-state index contributed by atoms with van der Waals surface area (Å²) in [6, 6.07) is 12.0. The lowest BCUT2D eigenvalue weighted by Crippen LogP contribution is -2.05. The van der Waals surface area contributed by atoms with Crippen molar-refractivity contribution in [3.8, 4) is 5.75 Å². The fraction of sp³-hybridized carbons (Fsp3) is 0.158. The first-order valence-electron chi connectivity index (χ1n) is 7.69. The molecule has 3 aromatic rings. The van der Waals surface area contributed by atoms with E-state index in [4.69, 9.17) is 4.74 Å². The molecule has 0 fully saturated rings. The Morgan fingerprint density at radius 3 is 2.88 bits per heavy atom. The molecule has 3 rings (SSSR count). The molecule has 4 nitrogen and oxygen atoms in total. The topological polar surface area (TPSA) is 44.1 Å². The van der Waals surface area contributed by atoms with Gasteiger partial charge in [-0.25, -0.2) is 9.37 Å². The summed E-state index contributed by atoms with van der Waals surface area (Å²) in [5.74, 6) is -0.412. The van der Waals surface area contributed by atoms with E-state index in [1.165, 1.54) is 31.0 Å². The summed E-state index contributed by atoms with van der Waals surface area (Å²) < 4.78 is 20.6. The largest absolute Gasteiger partial charge is 0.494 e. The van der Waals surface area contributed by atoms with Gasteiger partial charge >= 0.3 is 0 Å². The maximum atomic E-state index is 13.8. The Morgan fingerprint density at radius 2 is 2.16 bits per heavy atom. The van der Waals surface area contributed by atoms with Gasteiger partial charge in [-0.3, -0.25) is 4.79 Å². The lowest BCUT2D eigenvalue weighted by atomic mass is 10.1. The Morgan fingerprint density at radius 1 is 1.36 bits per heavy atom. The van der Waals surface area contributed by atoms with Gasteiger partial charge in [-0.05, 0) is 30.3 Å². The molecule has 25 heavy (non-hydrogen) atoms. The standard InChI is InChI=1S/C19H17FN2O2S/c1-3-10-22-16-7-5-4-6-15(16)21-19(22)25-12-17(23)13-8-9-18(24-2)14(20)11-13/h3-9,11H,1,10,12H2,2H3. The van der Waals surface area contributed by atoms with Crippen LogP contribution in [0.3, 0.4) is 0 Å². The number of nitrogens with zero attached hydrogens (tertiary/aromatic N) is 2. The zero-order valence-corrected chi connectivity index (χ0v) is 14.6. The van der Waals surface area contributed by atoms with E-state index in [-0.39, 0.29) is 17.3 Å². The molecule has 0 atom stereocenters. The van der Waals surface area contributed by atoms with Crippen LogP contribution in [0, 0.1) is 5.82 Å². The highest BCUT2D eigenvalue weighted by Crippen LogP contribution is 2.25. The van der Waals surface area contributed by atoms with Gasteiger partial charge in [0.1, 0.15) is 0 Å². The van der Waals surface area contributed by atoms with Crippen molar-refractivity contribution in [3.05, 3.63) is 66.5 Å². The Bertz CT molecular complexity index is 936. The minimum absolute atomic E-state index is 0.122. The van der Waals surface area contributed by atoms with E-state index in [1.54, 1.807) is 12.1 Å². The average Bonchev–Trinajstić information content (AvgIpc) is 2.98. The number of carbonyl (C=O) groups is 1. The number of hydrogen-bond acceptors (Lipinski definition) is 4. The van der Waals surface area contributed by atoms with E-state index >= 15 is 0 Å². The van der Waals surface area contributed by atoms with Crippen LogP contribution >= 0.6 is 11.8 Å². The number of carbonyl (C=O) groups excluding carboxylic acids is 1. The number of rotatable bonds is 7. The number of Topliss-reactive ketones (excluding diaryl/α,β-unsaturated/α-hetero) is 1. The average molecular weight is 356 g/mol. The van der Waals surface area contributed by atoms with E-state index in [9.17, 15) is 9.18 Å². The molecule has 2 aromatic carbocycles. The van der Waals surface area contributed by atoms with Crippen molar-refractivity contribution in [2.45, 2.75) is 11.7 Å². The van der Waals surface area contributed by atoms with Gasteiger partial charge in [0.25, 0.3) is 0 Å². The number of allylic oxidation sites excluding steroid dienone is 1. The molecular weight excluding hydrogens is 339 g/mol. The first kappa shape index (κ1) is 17.2. The number of hydrogen-bond donors (Lipinski definition) is 0. The van der Waals surface area contributed by atoms with Gasteiger partial charge in [0.15, 0.2) is 22.5 Å². The van der Waals surface area contributed by atoms with E-state index < -0.39 is 5.82 Å². The van der Waals surface area contributed by atoms with Gasteiger partial charge < -0.3 is 9.30 Å². The maximum absolute atomic E-state index is 13.8. The number of benzene rings is 2. The van der Waals surface area contributed by atoms with Crippen LogP contribution in [0.2, 0.25) is 0 Å². The predicted octanol–water partition coefficient (Wildman–Crippen LogP) is 4.35. The Kier molecular flexibility index (Phi) is 5.19. The van der Waals surface area contributed by atoms with Gasteiger partial charge in [0.2, 0.25) is 0 Å². The molecule has 0 saturated heterocycles. The molecule has 6 heteroatoms. The van der Waals surface area contributed by atoms with Crippen LogP contribution in [-0.2, 0) is 6.54 Å². The van der Waals surface area contributed by atoms with Gasteiger partial charge in [-0.2, -0.15) is 0 Å². The Hall–Kier alpha value is -2.60. The number of thioether (sulfide) groups is 1. The number of methoxy groups -OCH3 is 1. The molecule has 1 heterocycles. The minimum atomic E-state index is -0.544. The highest BCUT2D eigenvalue weighted by molar-refractivity contribution is 7.99. The second-order valence-corrected chi connectivity index (χ2v) is 6.29. The van der Waals surface area contributed by atoms with Crippen molar-refractivity contribution in [2.24, 2.45) is 0 Å². The SMILES string of the molecule is C=CCn1c(SCC(=O)c2ccc(OC)c(F)c2)nc2ccccc21. The van der Waals surface area contributed by atoms with Crippen LogP contribution in [0.15, 0.2) is 60.3 Å². The summed E-state index contributed by atoms with van der Waals surface area (Å²) in [4.78, 5) is 16.9. The summed E-state index contributed by atoms with van der Waals surface area (Å²) in [5.41, 5.74) is 2.18. The van der Waals surface area contributed by atoms with Gasteiger partial charge in [-0.15, -0.1) is 6.58 Å². The zero-order chi connectivity index (χ0) is 17.8. The number of para-hydroxylation sites is 2. The fourth-order valence-electron chi connectivity index (χ4n) is 2.52. The second kappa shape index (κ2) is 7.53. The lowest BCUT2D eigenvalue weighted by Gasteiger charge is -2.07. The third-order valence-electron chi connectivity index (χ3n) is 3.74. The zero-order valence-electron chi connectivity index (χ0n) is 13.7. The maximum Gasteiger partial charge on any atom is 0.173 e. The van der Waals surface area contributed by atoms with Crippen molar-refractivity contribution in [1.82, 2.24) is 9.55 Å². The molecule has 0 unspecified atom stereocenters. The summed E-state index contributed by atoms with van der Waals surface area (Å²) in [5, 5.41) is 0.739. The summed E-state index contributed by atoms with van der Waals surface area (Å²) in [6.45, 7) is 4.38. The van der Waals surface area contributed by atoms with Gasteiger partial charge in [0.05, 0.1) is 23.9 Å². The predicted molar refractivity (Wildman–Crippen MR) is 97.9 cm³/mol. The van der Waals surface area contributed by atoms with E-state index in [1.807, 2.05) is 28.8 Å². The third-order valence-corrected chi connectivity index (χ3v) is 4.71. The highest BCUT2D eigenvalue weighted by atomic mass is 32.2. The van der Waals surface area contributed by atoms with Crippen molar-refractivity contribution >= 4 is 28.6 Å². The van der Waals surface area contributed by atoms with Crippen molar-refractivity contribution < 1.29 is 13.9 Å². The number of fused-ring (bicyclic) bond motifs is 1. The molecule has 0 N–H and O–H groups in total. The summed E-state index contributed by atoms with van der Waals surface area (Å²) in [7, 11) is 1.39. The molecule has 0 radical (unpaired) electrons. The van der Waals surface area contributed by atoms with E-state index in [2.05, 4.69) is 11.6 Å². The van der Waals surface area contributed by atoms with Crippen molar-refractivity contribution in [2.75, 3.05) is 12.9 Å². The Labute approximate surface area is 149 Å². The molecule has 0 aliphatic heterocycles. The Balaban J connectivity index is 1.80. The lowest BCUT2D eigenvalue weighted by molar-refractivity contribution is 0.102. The van der Waals surface area contributed by atoms with Crippen LogP contribution in [0.4, 0.5) is 4.39 Å². The monoisotopic (exact) mass is 356 g/mol. The molecule has 0 bridgehead atoms. The number of imidazole rings is 1. The van der Waals surface area contributed by atoms with Gasteiger partial charge in [-0.1, -0.05) is 30.0 Å². The van der Waals surface area contributed by atoms with Crippen LogP contribution in [0.1, 0.15) is 10.4 Å². The van der Waals surface area contributed by atoms with Crippen LogP contribution in [0.25, 0.3) is 11.0 Å². The first-order valence-corrected chi connectivity index (χ1v) is 8.68. The number of ketones is 1. The molecule has 1 aromatic heterocycles. The minimum Gasteiger partial charge on any atom is -0.494 e. The van der Waals surface area contributed by atoms with Crippen LogP contribution < -0.4 is 4.74 Å². The smallest absolute Gasteiger partial charge is 0.173 e. The number of aromatic nitrogens is 2. The molecule has 0 aliphatic rings. The molecule has 0 spiro atoms. The summed E-state index contributed by atoms with van der Waals surface area (Å²) in [6.07, 6.45) is 1.79. The van der Waals surface area contributed by atoms with Crippen molar-refractivity contribution in [1.29, 1.82) is 0 Å². The fourth-order valence-corrected chi connectivity index (χ4v) is 3.44. The number of halogens is 1. The molecule has 0 amide bonds. The second-order valence-electron chi connectivity index (χ2n) is 5.34.